The van der Waals surface area contributed by atoms with E-state index in [2.05, 4.69) is 29.6 Å². The molecular weight excluding hydrogens is 1380 g/mol. The lowest BCUT2D eigenvalue weighted by Crippen LogP contribution is -2.68. The van der Waals surface area contributed by atoms with Crippen LogP contribution in [-0.4, -0.2) is 362 Å². The SMILES string of the molecule is CO[C@H]1OC(CO)[C@@H](O[C@H]2C[C@H](O)[C@@H](O[C@@H]3OC(COS(=O)(=O)O)[C@@H](O[C@H]4C[C@H](O)[C@@H](O[C@@H]5OC(COS(=O)(=O)O)[C@@H](O[C@H]6C[C@H](O)[C@@H](O[C@@H]7OC(CO)[C@@H](O[C@H]8C[C@H](O)[C@H](O)CO8)[C@H](O)C7NC(C)=O)CO6)[C@H](O)C5NC(C)=O)CO4)[C@H](O)C3NC(C)=O)CO2)[C@H](O)C1NC(C)=O. The van der Waals surface area contributed by atoms with Crippen molar-refractivity contribution in [1.82, 2.24) is 21.3 Å². The highest BCUT2D eigenvalue weighted by molar-refractivity contribution is 7.81. The van der Waals surface area contributed by atoms with E-state index in [1.807, 2.05) is 0 Å². The average molecular weight is 1470 g/mol. The smallest absolute Gasteiger partial charge is 0.394 e. The number of amides is 4. The summed E-state index contributed by atoms with van der Waals surface area (Å²) in [6.45, 7) is -1.44. The van der Waals surface area contributed by atoms with E-state index < -0.39 is 307 Å². The minimum absolute atomic E-state index is 0.230. The number of ether oxygens (including phenoxy) is 16. The second kappa shape index (κ2) is 35.3. The largest absolute Gasteiger partial charge is 0.397 e. The standard InChI is InChI=1S/C53H88N4O39S2/c1-18(60)54-38-42(69)46(27(10-58)86-50(38)79-5)94-35-7-23(65)30(14-81-35)89-52-40(56-20(3)62)44(71)49(33(91-52)17-85-98(76,77)78)96-37-9-25(67)31(15-83-37)90-53-41(57-21(4)63)45(72)48(32(92-53)16-84-97(73,74)75)95-36-8-24(66)29(13-82-36)88-51-39(55-19(2)61)43(70)47(28(11-59)87-51)93-34-6-22(64)26(68)12-80-34/h22-53,58-59,64-72H,6-17H2,1-5H3,(H,54,60)(H,55,61)(H,56,62)(H,57,63)(H,73,74,75)(H,76,77,78)/t22-,23-,24-,25-,26+,27?,28?,29-,30-,31-,32?,33?,34-,35-,36-,37-,38?,39?,40?,41?,42+,43+,44+,45+,46+,47+,48+,49+,50-,51-,52+,53+/m0/s1. The molecule has 0 aromatic rings. The summed E-state index contributed by atoms with van der Waals surface area (Å²) in [7, 11) is -9.28. The van der Waals surface area contributed by atoms with E-state index in [0.717, 1.165) is 20.8 Å². The Labute approximate surface area is 559 Å². The van der Waals surface area contributed by atoms with E-state index in [1.54, 1.807) is 0 Å². The molecule has 0 aromatic carbocycles. The first-order valence-corrected chi connectivity index (χ1v) is 33.7. The van der Waals surface area contributed by atoms with Crippen molar-refractivity contribution in [1.29, 1.82) is 0 Å². The van der Waals surface area contributed by atoms with Gasteiger partial charge in [0.2, 0.25) is 23.6 Å². The first kappa shape index (κ1) is 80.2. The fourth-order valence-corrected chi connectivity index (χ4v) is 12.9. The van der Waals surface area contributed by atoms with Gasteiger partial charge < -0.3 is 153 Å². The Bertz CT molecular complexity index is 2830. The summed E-state index contributed by atoms with van der Waals surface area (Å²) in [6, 6.07) is -5.94. The molecule has 8 unspecified atom stereocenters. The van der Waals surface area contributed by atoms with Crippen LogP contribution in [0.3, 0.4) is 0 Å². The monoisotopic (exact) mass is 1470 g/mol. The van der Waals surface area contributed by atoms with E-state index >= 15 is 0 Å². The van der Waals surface area contributed by atoms with Gasteiger partial charge in [-0.25, -0.2) is 8.37 Å². The van der Waals surface area contributed by atoms with Crippen LogP contribution in [0, 0.1) is 0 Å². The summed E-state index contributed by atoms with van der Waals surface area (Å²) in [4.78, 5) is 49.7. The minimum Gasteiger partial charge on any atom is -0.394 e. The Morgan fingerprint density at radius 2 is 0.653 bits per heavy atom. The van der Waals surface area contributed by atoms with Crippen molar-refractivity contribution in [3.05, 3.63) is 0 Å². The molecule has 45 heteroatoms. The van der Waals surface area contributed by atoms with Crippen molar-refractivity contribution in [3.63, 3.8) is 0 Å². The molecule has 43 nitrogen and oxygen atoms in total. The van der Waals surface area contributed by atoms with Gasteiger partial charge in [0.1, 0.15) is 122 Å². The zero-order chi connectivity index (χ0) is 71.8. The predicted molar refractivity (Wildman–Crippen MR) is 307 cm³/mol. The van der Waals surface area contributed by atoms with Gasteiger partial charge in [0.15, 0.2) is 50.3 Å². The van der Waals surface area contributed by atoms with Crippen molar-refractivity contribution < 1.29 is 185 Å². The summed E-state index contributed by atoms with van der Waals surface area (Å²) in [5.41, 5.74) is 0. The van der Waals surface area contributed by atoms with Crippen LogP contribution >= 0.6 is 0 Å². The van der Waals surface area contributed by atoms with Gasteiger partial charge in [-0.3, -0.25) is 28.3 Å². The minimum atomic E-state index is -5.27. The number of methoxy groups -OCH3 is 1. The van der Waals surface area contributed by atoms with Crippen LogP contribution in [0.2, 0.25) is 0 Å². The van der Waals surface area contributed by atoms with Crippen LogP contribution in [0.4, 0.5) is 0 Å². The van der Waals surface area contributed by atoms with E-state index in [-0.39, 0.29) is 13.0 Å². The zero-order valence-corrected chi connectivity index (χ0v) is 54.8. The third-order valence-corrected chi connectivity index (χ3v) is 17.8. The Balaban J connectivity index is 0.900. The highest BCUT2D eigenvalue weighted by Crippen LogP contribution is 2.37. The maximum absolute atomic E-state index is 12.7. The number of rotatable bonds is 27. The number of hydrogen-bond donors (Lipinski definition) is 17. The number of nitrogens with one attached hydrogen (secondary N) is 4. The molecule has 0 saturated carbocycles. The molecule has 8 saturated heterocycles. The van der Waals surface area contributed by atoms with Crippen molar-refractivity contribution in [2.24, 2.45) is 0 Å². The summed E-state index contributed by atoms with van der Waals surface area (Å²) in [6.07, 6.45) is -45.1. The van der Waals surface area contributed by atoms with Crippen molar-refractivity contribution in [3.8, 4) is 0 Å². The van der Waals surface area contributed by atoms with Crippen LogP contribution in [0.15, 0.2) is 0 Å². The van der Waals surface area contributed by atoms with Gasteiger partial charge in [0, 0.05) is 60.5 Å². The molecule has 98 heavy (non-hydrogen) atoms. The molecule has 8 aliphatic heterocycles. The molecule has 0 radical (unpaired) electrons. The molecule has 0 spiro atoms. The van der Waals surface area contributed by atoms with Crippen molar-refractivity contribution >= 4 is 44.4 Å². The number of carbonyl (C=O) groups is 4. The summed E-state index contributed by atoms with van der Waals surface area (Å²) < 4.78 is 170. The highest BCUT2D eigenvalue weighted by atomic mass is 32.3. The fourth-order valence-electron chi connectivity index (χ4n) is 12.2. The van der Waals surface area contributed by atoms with Gasteiger partial charge in [-0.2, -0.15) is 16.8 Å². The van der Waals surface area contributed by atoms with Gasteiger partial charge in [-0.15, -0.1) is 0 Å². The molecule has 4 amide bonds. The second-order valence-electron chi connectivity index (χ2n) is 24.3. The van der Waals surface area contributed by atoms with Gasteiger partial charge in [0.25, 0.3) is 0 Å². The molecule has 8 fully saturated rings. The lowest BCUT2D eigenvalue weighted by atomic mass is 9.95. The van der Waals surface area contributed by atoms with Gasteiger partial charge in [0.05, 0.1) is 77.3 Å². The molecule has 17 N–H and O–H groups in total. The molecule has 8 aliphatic rings. The molecule has 0 aromatic heterocycles. The first-order valence-electron chi connectivity index (χ1n) is 31.0. The van der Waals surface area contributed by atoms with E-state index in [0.29, 0.717) is 0 Å². The number of aliphatic hydroxyl groups excluding tert-OH is 11. The second-order valence-corrected chi connectivity index (χ2v) is 26.5. The van der Waals surface area contributed by atoms with Crippen molar-refractivity contribution in [2.45, 2.75) is 250 Å². The highest BCUT2D eigenvalue weighted by Gasteiger charge is 2.56. The van der Waals surface area contributed by atoms with E-state index in [1.165, 1.54) is 14.0 Å². The third kappa shape index (κ3) is 21.4. The summed E-state index contributed by atoms with van der Waals surface area (Å²) in [5, 5.41) is 131. The topological polar surface area (TPSA) is 614 Å². The quantitative estimate of drug-likeness (QED) is 0.0340. The van der Waals surface area contributed by atoms with Gasteiger partial charge >= 0.3 is 20.8 Å². The molecule has 8 rings (SSSR count). The molecule has 566 valence electrons. The van der Waals surface area contributed by atoms with E-state index in [9.17, 15) is 101 Å². The zero-order valence-electron chi connectivity index (χ0n) is 53.2. The van der Waals surface area contributed by atoms with Crippen molar-refractivity contribution in [2.75, 3.05) is 60.0 Å². The maximum atomic E-state index is 12.7. The van der Waals surface area contributed by atoms with Crippen LogP contribution in [0.1, 0.15) is 53.4 Å². The Morgan fingerprint density at radius 1 is 0.388 bits per heavy atom. The third-order valence-electron chi connectivity index (χ3n) is 16.9. The molecule has 32 atom stereocenters. The average Bonchev–Trinajstić information content (AvgIpc) is 0.795. The summed E-state index contributed by atoms with van der Waals surface area (Å²) in [5.74, 6) is -2.84. The maximum Gasteiger partial charge on any atom is 0.397 e. The molecule has 0 bridgehead atoms. The van der Waals surface area contributed by atoms with E-state index in [4.69, 9.17) is 75.8 Å². The molecule has 0 aliphatic carbocycles. The Morgan fingerprint density at radius 3 is 0.918 bits per heavy atom. The van der Waals surface area contributed by atoms with Crippen LogP contribution < -0.4 is 21.3 Å². The predicted octanol–water partition coefficient (Wildman–Crippen LogP) is -10.9. The lowest BCUT2D eigenvalue weighted by molar-refractivity contribution is -0.352. The lowest BCUT2D eigenvalue weighted by Gasteiger charge is -2.48. The van der Waals surface area contributed by atoms with Gasteiger partial charge in [-0.1, -0.05) is 0 Å². The Hall–Kier alpha value is -3.46. The fraction of sp³-hybridized carbons (Fsp3) is 0.925. The molecular formula is C53H88N4O39S2. The number of carbonyl (C=O) groups excluding carboxylic acids is 4. The normalized spacial score (nSPS) is 43.7. The van der Waals surface area contributed by atoms with Gasteiger partial charge in [-0.05, 0) is 0 Å². The number of hydrogen-bond acceptors (Lipinski definition) is 37. The summed E-state index contributed by atoms with van der Waals surface area (Å²) >= 11 is 0. The molecule has 8 heterocycles. The Kier molecular flexibility index (Phi) is 28.9. The first-order chi connectivity index (χ1) is 46.1. The van der Waals surface area contributed by atoms with Crippen LogP contribution in [-0.2, 0) is 124 Å². The van der Waals surface area contributed by atoms with Crippen LogP contribution in [0.5, 0.6) is 0 Å². The van der Waals surface area contributed by atoms with Crippen LogP contribution in [0.25, 0.3) is 0 Å². The number of aliphatic hydroxyl groups is 11.